The second-order valence-electron chi connectivity index (χ2n) is 5.93. The number of para-hydroxylation sites is 2. The maximum absolute atomic E-state index is 13.7. The molecule has 27 heavy (non-hydrogen) atoms. The van der Waals surface area contributed by atoms with Crippen molar-refractivity contribution in [1.82, 2.24) is 9.88 Å². The van der Waals surface area contributed by atoms with Crippen molar-refractivity contribution in [2.24, 2.45) is 0 Å². The smallest absolute Gasteiger partial charge is 0.290 e. The maximum atomic E-state index is 13.7. The van der Waals surface area contributed by atoms with Crippen LogP contribution in [0.1, 0.15) is 5.56 Å². The molecule has 0 bridgehead atoms. The number of amides is 2. The number of halogens is 1. The van der Waals surface area contributed by atoms with Crippen molar-refractivity contribution in [3.05, 3.63) is 71.0 Å². The van der Waals surface area contributed by atoms with Crippen LogP contribution in [-0.4, -0.2) is 22.3 Å². The Kier molecular flexibility index (Phi) is 4.68. The molecule has 0 saturated carbocycles. The van der Waals surface area contributed by atoms with Crippen LogP contribution in [0.25, 0.3) is 17.0 Å². The van der Waals surface area contributed by atoms with Crippen LogP contribution >= 0.6 is 11.8 Å². The van der Waals surface area contributed by atoms with Crippen molar-refractivity contribution in [1.29, 1.82) is 0 Å². The summed E-state index contributed by atoms with van der Waals surface area (Å²) < 4.78 is 21.2. The molecule has 0 radical (unpaired) electrons. The van der Waals surface area contributed by atoms with E-state index < -0.39 is 5.82 Å². The van der Waals surface area contributed by atoms with Gasteiger partial charge in [-0.15, -0.1) is 0 Å². The van der Waals surface area contributed by atoms with Crippen LogP contribution in [0, 0.1) is 5.82 Å². The molecule has 1 saturated heterocycles. The Balaban J connectivity index is 1.59. The molecular formula is C20H15FN2O3S. The number of imide groups is 1. The molecule has 2 aromatic carbocycles. The van der Waals surface area contributed by atoms with E-state index in [0.29, 0.717) is 18.1 Å². The third-order valence-electron chi connectivity index (χ3n) is 4.17. The number of carbonyl (C=O) groups excluding carboxylic acids is 2. The van der Waals surface area contributed by atoms with Gasteiger partial charge in [-0.25, -0.2) is 4.39 Å². The highest BCUT2D eigenvalue weighted by molar-refractivity contribution is 8.18. The van der Waals surface area contributed by atoms with E-state index >= 15 is 0 Å². The first-order chi connectivity index (χ1) is 13.1. The summed E-state index contributed by atoms with van der Waals surface area (Å²) in [7, 11) is 0. The van der Waals surface area contributed by atoms with Gasteiger partial charge in [-0.05, 0) is 36.0 Å². The van der Waals surface area contributed by atoms with Gasteiger partial charge in [0.2, 0.25) is 0 Å². The van der Waals surface area contributed by atoms with E-state index in [9.17, 15) is 14.0 Å². The molecule has 5 nitrogen and oxygen atoms in total. The molecule has 4 rings (SSSR count). The van der Waals surface area contributed by atoms with E-state index in [1.807, 2.05) is 35.0 Å². The summed E-state index contributed by atoms with van der Waals surface area (Å²) in [6.45, 7) is 0.805. The molecular weight excluding hydrogens is 367 g/mol. The standard InChI is InChI=1S/C20H15FN2O3S/c21-15-6-2-4-8-17(15)26-10-9-23-12-13(14-5-1-3-7-16(14)23)11-18-19(24)22-20(25)27-18/h1-8,11-12H,9-10H2,(H,22,24,25)/b18-11-. The number of aromatic nitrogens is 1. The highest BCUT2D eigenvalue weighted by Crippen LogP contribution is 2.29. The Bertz CT molecular complexity index is 1070. The minimum absolute atomic E-state index is 0.217. The number of rotatable bonds is 5. The normalized spacial score (nSPS) is 15.5. The van der Waals surface area contributed by atoms with E-state index in [1.54, 1.807) is 24.3 Å². The van der Waals surface area contributed by atoms with E-state index in [0.717, 1.165) is 28.2 Å². The lowest BCUT2D eigenvalue weighted by Gasteiger charge is -2.08. The molecule has 1 fully saturated rings. The van der Waals surface area contributed by atoms with Crippen LogP contribution < -0.4 is 10.1 Å². The number of ether oxygens (including phenoxy) is 1. The Hall–Kier alpha value is -3.06. The Morgan fingerprint density at radius 1 is 1.11 bits per heavy atom. The van der Waals surface area contributed by atoms with E-state index in [-0.39, 0.29) is 16.9 Å². The highest BCUT2D eigenvalue weighted by atomic mass is 32.2. The summed E-state index contributed by atoms with van der Waals surface area (Å²) in [6, 6.07) is 14.0. The van der Waals surface area contributed by atoms with E-state index in [1.165, 1.54) is 6.07 Å². The second kappa shape index (κ2) is 7.28. The zero-order valence-electron chi connectivity index (χ0n) is 14.1. The third-order valence-corrected chi connectivity index (χ3v) is 4.99. The molecule has 2 amide bonds. The maximum Gasteiger partial charge on any atom is 0.290 e. The summed E-state index contributed by atoms with van der Waals surface area (Å²) in [5.41, 5.74) is 1.81. The summed E-state index contributed by atoms with van der Waals surface area (Å²) in [5.74, 6) is -0.562. The lowest BCUT2D eigenvalue weighted by Crippen LogP contribution is -2.17. The fourth-order valence-corrected chi connectivity index (χ4v) is 3.63. The molecule has 3 aromatic rings. The van der Waals surface area contributed by atoms with E-state index in [4.69, 9.17) is 4.74 Å². The first-order valence-electron chi connectivity index (χ1n) is 8.32. The van der Waals surface area contributed by atoms with Gasteiger partial charge < -0.3 is 9.30 Å². The molecule has 0 spiro atoms. The number of hydrogen-bond acceptors (Lipinski definition) is 4. The molecule has 7 heteroatoms. The molecule has 0 unspecified atom stereocenters. The molecule has 1 aliphatic heterocycles. The Morgan fingerprint density at radius 2 is 1.89 bits per heavy atom. The topological polar surface area (TPSA) is 60.3 Å². The average Bonchev–Trinajstić information content (AvgIpc) is 3.17. The van der Waals surface area contributed by atoms with E-state index in [2.05, 4.69) is 5.32 Å². The lowest BCUT2D eigenvalue weighted by molar-refractivity contribution is -0.115. The summed E-state index contributed by atoms with van der Waals surface area (Å²) in [6.07, 6.45) is 3.61. The first kappa shape index (κ1) is 17.4. The number of thioether (sulfide) groups is 1. The molecule has 1 aromatic heterocycles. The predicted molar refractivity (Wildman–Crippen MR) is 103 cm³/mol. The van der Waals surface area contributed by atoms with Crippen LogP contribution in [0.5, 0.6) is 5.75 Å². The van der Waals surface area contributed by atoms with Crippen molar-refractivity contribution in [3.63, 3.8) is 0 Å². The number of fused-ring (bicyclic) bond motifs is 1. The summed E-state index contributed by atoms with van der Waals surface area (Å²) >= 11 is 0.889. The quantitative estimate of drug-likeness (QED) is 0.673. The highest BCUT2D eigenvalue weighted by Gasteiger charge is 2.25. The van der Waals surface area contributed by atoms with Crippen LogP contribution in [0.2, 0.25) is 0 Å². The zero-order chi connectivity index (χ0) is 18.8. The average molecular weight is 382 g/mol. The minimum Gasteiger partial charge on any atom is -0.489 e. The van der Waals surface area contributed by atoms with Gasteiger partial charge in [0, 0.05) is 22.7 Å². The monoisotopic (exact) mass is 382 g/mol. The molecule has 1 aliphatic rings. The van der Waals surface area contributed by atoms with Crippen molar-refractivity contribution >= 4 is 39.9 Å². The Morgan fingerprint density at radius 3 is 2.67 bits per heavy atom. The van der Waals surface area contributed by atoms with Crippen LogP contribution in [0.3, 0.4) is 0 Å². The SMILES string of the molecule is O=C1NC(=O)/C(=C/c2cn(CCOc3ccccc3F)c3ccccc23)S1. The Labute approximate surface area is 158 Å². The van der Waals surface area contributed by atoms with Crippen molar-refractivity contribution in [2.75, 3.05) is 6.61 Å². The molecule has 1 N–H and O–H groups in total. The molecule has 2 heterocycles. The minimum atomic E-state index is -0.394. The number of benzene rings is 2. The van der Waals surface area contributed by atoms with Gasteiger partial charge in [-0.1, -0.05) is 30.3 Å². The molecule has 0 atom stereocenters. The fourth-order valence-electron chi connectivity index (χ4n) is 2.95. The van der Waals surface area contributed by atoms with Gasteiger partial charge in [0.05, 0.1) is 11.4 Å². The lowest BCUT2D eigenvalue weighted by atomic mass is 10.1. The van der Waals surface area contributed by atoms with Crippen molar-refractivity contribution < 1.29 is 18.7 Å². The number of nitrogens with zero attached hydrogens (tertiary/aromatic N) is 1. The number of hydrogen-bond donors (Lipinski definition) is 1. The van der Waals surface area contributed by atoms with Crippen molar-refractivity contribution in [3.8, 4) is 5.75 Å². The van der Waals surface area contributed by atoms with Gasteiger partial charge in [-0.3, -0.25) is 14.9 Å². The first-order valence-corrected chi connectivity index (χ1v) is 9.13. The van der Waals surface area contributed by atoms with Crippen LogP contribution in [-0.2, 0) is 11.3 Å². The fraction of sp³-hybridized carbons (Fsp3) is 0.100. The largest absolute Gasteiger partial charge is 0.489 e. The van der Waals surface area contributed by atoms with Gasteiger partial charge in [0.1, 0.15) is 6.61 Å². The van der Waals surface area contributed by atoms with Crippen LogP contribution in [0.15, 0.2) is 59.6 Å². The second-order valence-corrected chi connectivity index (χ2v) is 6.94. The molecule has 136 valence electrons. The van der Waals surface area contributed by atoms with Crippen LogP contribution in [0.4, 0.5) is 9.18 Å². The molecule has 0 aliphatic carbocycles. The number of nitrogens with one attached hydrogen (secondary N) is 1. The predicted octanol–water partition coefficient (Wildman–Crippen LogP) is 4.18. The van der Waals surface area contributed by atoms with Gasteiger partial charge >= 0.3 is 0 Å². The summed E-state index contributed by atoms with van der Waals surface area (Å²) in [4.78, 5) is 23.5. The van der Waals surface area contributed by atoms with Crippen molar-refractivity contribution in [2.45, 2.75) is 6.54 Å². The third kappa shape index (κ3) is 3.59. The summed E-state index contributed by atoms with van der Waals surface area (Å²) in [5, 5.41) is 2.85. The van der Waals surface area contributed by atoms with Gasteiger partial charge in [0.15, 0.2) is 11.6 Å². The van der Waals surface area contributed by atoms with Gasteiger partial charge in [0.25, 0.3) is 11.1 Å². The number of carbonyl (C=O) groups is 2. The van der Waals surface area contributed by atoms with Gasteiger partial charge in [-0.2, -0.15) is 0 Å². The zero-order valence-corrected chi connectivity index (χ0v) is 15.0.